The Morgan fingerprint density at radius 2 is 0.838 bits per heavy atom. The number of nitrogens with one attached hydrogen (secondary N) is 1. The molecule has 0 aromatic rings. The summed E-state index contributed by atoms with van der Waals surface area (Å²) in [6.45, 7) is 3.80. The van der Waals surface area contributed by atoms with E-state index < -0.39 is 49.5 Å². The van der Waals surface area contributed by atoms with Crippen molar-refractivity contribution in [2.75, 3.05) is 13.2 Å². The first-order valence-corrected chi connectivity index (χ1v) is 29.6. The number of amides is 1. The number of carbonyl (C=O) groups is 1. The molecule has 0 spiro atoms. The van der Waals surface area contributed by atoms with E-state index in [-0.39, 0.29) is 12.5 Å². The van der Waals surface area contributed by atoms with Gasteiger partial charge in [-0.25, -0.2) is 0 Å². The predicted octanol–water partition coefficient (Wildman–Crippen LogP) is 14.6. The summed E-state index contributed by atoms with van der Waals surface area (Å²) < 4.78 is 11.3. The van der Waals surface area contributed by atoms with Crippen LogP contribution in [-0.2, 0) is 14.3 Å². The minimum Gasteiger partial charge on any atom is -0.394 e. The van der Waals surface area contributed by atoms with Gasteiger partial charge in [-0.2, -0.15) is 0 Å². The zero-order chi connectivity index (χ0) is 49.4. The quantitative estimate of drug-likeness (QED) is 0.0261. The van der Waals surface area contributed by atoms with Gasteiger partial charge < -0.3 is 40.3 Å². The van der Waals surface area contributed by atoms with Crippen molar-refractivity contribution in [3.05, 3.63) is 24.3 Å². The van der Waals surface area contributed by atoms with Crippen LogP contribution >= 0.6 is 0 Å². The third-order valence-electron chi connectivity index (χ3n) is 14.3. The van der Waals surface area contributed by atoms with E-state index in [1.54, 1.807) is 6.08 Å². The van der Waals surface area contributed by atoms with E-state index in [9.17, 15) is 30.3 Å². The minimum absolute atomic E-state index is 0.180. The highest BCUT2D eigenvalue weighted by atomic mass is 16.7. The van der Waals surface area contributed by atoms with Crippen molar-refractivity contribution in [3.8, 4) is 0 Å². The highest BCUT2D eigenvalue weighted by Gasteiger charge is 2.44. The lowest BCUT2D eigenvalue weighted by atomic mass is 9.99. The van der Waals surface area contributed by atoms with Crippen LogP contribution in [0.15, 0.2) is 24.3 Å². The van der Waals surface area contributed by atoms with Crippen LogP contribution in [0.5, 0.6) is 0 Å². The fourth-order valence-electron chi connectivity index (χ4n) is 9.59. The van der Waals surface area contributed by atoms with Gasteiger partial charge in [0.2, 0.25) is 5.91 Å². The standard InChI is InChI=1S/C59H113NO8/c1-3-5-7-9-11-13-15-17-19-21-23-24-25-26-27-28-29-31-33-35-37-39-41-43-45-47-49-55(63)60-52(51-67-59-58(66)57(65)56(64)54(50-61)68-59)53(62)48-46-44-42-40-38-36-34-32-30-22-20-18-16-14-12-10-8-6-4-2/h38,40,46,48,52-54,56-59,61-62,64-66H,3-37,39,41-45,47,49-51H2,1-2H3,(H,60,63)/b40-38+,48-46+. The maximum atomic E-state index is 13.1. The maximum Gasteiger partial charge on any atom is 0.220 e. The molecule has 9 nitrogen and oxygen atoms in total. The minimum atomic E-state index is -1.57. The van der Waals surface area contributed by atoms with Crippen molar-refractivity contribution in [1.29, 1.82) is 0 Å². The molecule has 0 saturated carbocycles. The first-order chi connectivity index (χ1) is 33.3. The number of hydrogen-bond acceptors (Lipinski definition) is 8. The first-order valence-electron chi connectivity index (χ1n) is 29.6. The maximum absolute atomic E-state index is 13.1. The summed E-state index contributed by atoms with van der Waals surface area (Å²) in [7, 11) is 0. The van der Waals surface area contributed by atoms with Gasteiger partial charge in [0.25, 0.3) is 0 Å². The number of aliphatic hydroxyl groups is 5. The number of hydrogen-bond donors (Lipinski definition) is 6. The molecule has 0 aromatic heterocycles. The zero-order valence-corrected chi connectivity index (χ0v) is 44.6. The Balaban J connectivity index is 2.21. The number of carbonyl (C=O) groups excluding carboxylic acids is 1. The number of unbranched alkanes of at least 4 members (excludes halogenated alkanes) is 39. The molecule has 7 unspecified atom stereocenters. The third-order valence-corrected chi connectivity index (χ3v) is 14.3. The summed E-state index contributed by atoms with van der Waals surface area (Å²) in [5.41, 5.74) is 0. The largest absolute Gasteiger partial charge is 0.394 e. The highest BCUT2D eigenvalue weighted by molar-refractivity contribution is 5.76. The van der Waals surface area contributed by atoms with Gasteiger partial charge in [0.15, 0.2) is 6.29 Å². The Hall–Kier alpha value is -1.33. The van der Waals surface area contributed by atoms with E-state index in [4.69, 9.17) is 9.47 Å². The molecule has 1 aliphatic rings. The first kappa shape index (κ1) is 64.7. The van der Waals surface area contributed by atoms with Crippen molar-refractivity contribution in [2.24, 2.45) is 0 Å². The van der Waals surface area contributed by atoms with Crippen molar-refractivity contribution in [2.45, 2.75) is 333 Å². The summed E-state index contributed by atoms with van der Waals surface area (Å²) in [4.78, 5) is 13.1. The topological polar surface area (TPSA) is 149 Å². The fraction of sp³-hybridized carbons (Fsp3) is 0.915. The smallest absolute Gasteiger partial charge is 0.220 e. The summed E-state index contributed by atoms with van der Waals surface area (Å²) in [6, 6.07) is -0.818. The Morgan fingerprint density at radius 3 is 1.24 bits per heavy atom. The molecular weight excluding hydrogens is 851 g/mol. The fourth-order valence-corrected chi connectivity index (χ4v) is 9.59. The summed E-state index contributed by atoms with van der Waals surface area (Å²) in [5.74, 6) is -0.180. The average Bonchev–Trinajstić information content (AvgIpc) is 3.34. The van der Waals surface area contributed by atoms with E-state index in [0.717, 1.165) is 38.5 Å². The van der Waals surface area contributed by atoms with E-state index in [1.807, 2.05) is 6.08 Å². The second-order valence-electron chi connectivity index (χ2n) is 20.8. The molecular formula is C59H113NO8. The highest BCUT2D eigenvalue weighted by Crippen LogP contribution is 2.23. The monoisotopic (exact) mass is 964 g/mol. The molecule has 1 fully saturated rings. The van der Waals surface area contributed by atoms with Crippen LogP contribution in [-0.4, -0.2) is 87.5 Å². The Kier molecular flexibility index (Phi) is 46.9. The van der Waals surface area contributed by atoms with Crippen LogP contribution in [0, 0.1) is 0 Å². The van der Waals surface area contributed by atoms with Gasteiger partial charge in [-0.15, -0.1) is 0 Å². The van der Waals surface area contributed by atoms with Crippen LogP contribution in [0.1, 0.15) is 290 Å². The van der Waals surface area contributed by atoms with Crippen molar-refractivity contribution < 1.29 is 39.8 Å². The SMILES string of the molecule is CCCCCCCCCCCCCCC/C=C/CC/C=C/C(O)C(COC1OC(CO)C(O)C(O)C1O)NC(=O)CCCCCCCCCCCCCCCCCCCCCCCCCCCC. The lowest BCUT2D eigenvalue weighted by Crippen LogP contribution is -2.60. The van der Waals surface area contributed by atoms with Crippen molar-refractivity contribution >= 4 is 5.91 Å². The lowest BCUT2D eigenvalue weighted by Gasteiger charge is -2.40. The molecule has 7 atom stereocenters. The van der Waals surface area contributed by atoms with E-state index >= 15 is 0 Å². The molecule has 6 N–H and O–H groups in total. The van der Waals surface area contributed by atoms with Gasteiger partial charge in [-0.1, -0.05) is 276 Å². The molecule has 0 aliphatic carbocycles. The predicted molar refractivity (Wildman–Crippen MR) is 286 cm³/mol. The third kappa shape index (κ3) is 38.4. The van der Waals surface area contributed by atoms with Crippen molar-refractivity contribution in [1.82, 2.24) is 5.32 Å². The molecule has 1 amide bonds. The Morgan fingerprint density at radius 1 is 0.485 bits per heavy atom. The number of allylic oxidation sites excluding steroid dienone is 3. The van der Waals surface area contributed by atoms with E-state index in [0.29, 0.717) is 6.42 Å². The lowest BCUT2D eigenvalue weighted by molar-refractivity contribution is -0.302. The molecule has 68 heavy (non-hydrogen) atoms. The van der Waals surface area contributed by atoms with E-state index in [2.05, 4.69) is 31.3 Å². The van der Waals surface area contributed by atoms with Gasteiger partial charge >= 0.3 is 0 Å². The second kappa shape index (κ2) is 49.3. The molecule has 9 heteroatoms. The molecule has 1 rings (SSSR count). The molecule has 0 bridgehead atoms. The van der Waals surface area contributed by atoms with Crippen LogP contribution in [0.2, 0.25) is 0 Å². The summed E-state index contributed by atoms with van der Waals surface area (Å²) in [5, 5.41) is 54.5. The molecule has 0 aromatic carbocycles. The summed E-state index contributed by atoms with van der Waals surface area (Å²) >= 11 is 0. The number of ether oxygens (including phenoxy) is 2. The molecule has 0 radical (unpaired) electrons. The van der Waals surface area contributed by atoms with Gasteiger partial charge in [0.05, 0.1) is 25.4 Å². The number of aliphatic hydroxyl groups excluding tert-OH is 5. The van der Waals surface area contributed by atoms with Gasteiger partial charge in [0, 0.05) is 6.42 Å². The Labute approximate surface area is 419 Å². The molecule has 1 saturated heterocycles. The van der Waals surface area contributed by atoms with E-state index in [1.165, 1.54) is 231 Å². The van der Waals surface area contributed by atoms with Gasteiger partial charge in [0.1, 0.15) is 24.4 Å². The number of rotatable bonds is 51. The summed E-state index contributed by atoms with van der Waals surface area (Å²) in [6.07, 6.45) is 55.4. The molecule has 1 heterocycles. The van der Waals surface area contributed by atoms with Crippen LogP contribution in [0.4, 0.5) is 0 Å². The van der Waals surface area contributed by atoms with Crippen LogP contribution in [0.3, 0.4) is 0 Å². The van der Waals surface area contributed by atoms with Crippen LogP contribution < -0.4 is 5.32 Å². The Bertz CT molecular complexity index is 1120. The van der Waals surface area contributed by atoms with Gasteiger partial charge in [-0.05, 0) is 32.1 Å². The van der Waals surface area contributed by atoms with Crippen molar-refractivity contribution in [3.63, 3.8) is 0 Å². The molecule has 1 aliphatic heterocycles. The van der Waals surface area contributed by atoms with Crippen LogP contribution in [0.25, 0.3) is 0 Å². The second-order valence-corrected chi connectivity index (χ2v) is 20.8. The zero-order valence-electron chi connectivity index (χ0n) is 44.6. The van der Waals surface area contributed by atoms with Gasteiger partial charge in [-0.3, -0.25) is 4.79 Å². The average molecular weight is 965 g/mol. The molecule has 402 valence electrons. The normalized spacial score (nSPS) is 19.7.